The third-order valence-corrected chi connectivity index (χ3v) is 6.42. The maximum atomic E-state index is 11.9. The van der Waals surface area contributed by atoms with Gasteiger partial charge in [-0.2, -0.15) is 0 Å². The molecule has 0 radical (unpaired) electrons. The summed E-state index contributed by atoms with van der Waals surface area (Å²) in [4.78, 5) is 13.6. The molecule has 3 atom stereocenters. The molecule has 1 N–H and O–H groups in total. The van der Waals surface area contributed by atoms with E-state index in [1.54, 1.807) is 6.92 Å². The Hall–Kier alpha value is -0.620. The largest absolute Gasteiger partial charge is 0.480 e. The van der Waals surface area contributed by atoms with E-state index in [1.807, 2.05) is 4.90 Å². The Kier molecular flexibility index (Phi) is 3.93. The zero-order valence-corrected chi connectivity index (χ0v) is 12.4. The highest BCUT2D eigenvalue weighted by Gasteiger charge is 2.49. The van der Waals surface area contributed by atoms with E-state index >= 15 is 0 Å². The van der Waals surface area contributed by atoms with Gasteiger partial charge in [-0.05, 0) is 45.6 Å². The number of rotatable bonds is 3. The summed E-state index contributed by atoms with van der Waals surface area (Å²) in [5.74, 6) is -0.827. The minimum absolute atomic E-state index is 0.128. The van der Waals surface area contributed by atoms with Crippen LogP contribution >= 0.6 is 0 Å². The van der Waals surface area contributed by atoms with E-state index in [-0.39, 0.29) is 6.04 Å². The van der Waals surface area contributed by atoms with Gasteiger partial charge in [-0.1, -0.05) is 6.42 Å². The number of hydrogen-bond acceptors (Lipinski definition) is 4. The zero-order chi connectivity index (χ0) is 14.3. The fraction of sp³-hybridized carbons (Fsp3) is 0.923. The van der Waals surface area contributed by atoms with Crippen LogP contribution in [0.4, 0.5) is 0 Å². The third-order valence-electron chi connectivity index (χ3n) is 4.78. The van der Waals surface area contributed by atoms with Crippen molar-refractivity contribution in [3.63, 3.8) is 0 Å². The summed E-state index contributed by atoms with van der Waals surface area (Å²) in [6.07, 6.45) is 6.06. The predicted molar refractivity (Wildman–Crippen MR) is 72.9 cm³/mol. The molecule has 1 saturated carbocycles. The molecular formula is C13H23NO4S. The van der Waals surface area contributed by atoms with Gasteiger partial charge in [-0.15, -0.1) is 0 Å². The highest BCUT2D eigenvalue weighted by Crippen LogP contribution is 2.38. The molecular weight excluding hydrogens is 266 g/mol. The van der Waals surface area contributed by atoms with Crippen molar-refractivity contribution in [1.82, 2.24) is 4.90 Å². The first-order valence-corrected chi connectivity index (χ1v) is 8.91. The van der Waals surface area contributed by atoms with Crippen molar-refractivity contribution in [2.45, 2.75) is 62.3 Å². The van der Waals surface area contributed by atoms with Crippen molar-refractivity contribution in [2.24, 2.45) is 0 Å². The zero-order valence-electron chi connectivity index (χ0n) is 11.6. The van der Waals surface area contributed by atoms with E-state index in [4.69, 9.17) is 0 Å². The number of likely N-dealkylation sites (tertiary alicyclic amines) is 1. The monoisotopic (exact) mass is 289 g/mol. The molecule has 0 spiro atoms. The van der Waals surface area contributed by atoms with Gasteiger partial charge in [0.15, 0.2) is 9.84 Å². The Morgan fingerprint density at radius 3 is 2.53 bits per heavy atom. The smallest absolute Gasteiger partial charge is 0.323 e. The number of hydrogen-bond donors (Lipinski definition) is 1. The fourth-order valence-electron chi connectivity index (χ4n) is 3.67. The van der Waals surface area contributed by atoms with Crippen molar-refractivity contribution < 1.29 is 18.3 Å². The molecule has 0 amide bonds. The SMILES string of the molecule is CC1(C(=O)O)CCCCN1C1CCCC1S(C)(=O)=O. The summed E-state index contributed by atoms with van der Waals surface area (Å²) >= 11 is 0. The molecule has 1 aliphatic carbocycles. The molecule has 2 aliphatic rings. The predicted octanol–water partition coefficient (Wildman–Crippen LogP) is 1.28. The number of piperidine rings is 1. The van der Waals surface area contributed by atoms with E-state index < -0.39 is 26.6 Å². The van der Waals surface area contributed by atoms with Crippen molar-refractivity contribution in [1.29, 1.82) is 0 Å². The Labute approximate surface area is 114 Å². The second kappa shape index (κ2) is 5.05. The number of carboxylic acids is 1. The summed E-state index contributed by atoms with van der Waals surface area (Å²) in [7, 11) is -3.11. The Balaban J connectivity index is 2.30. The molecule has 0 aromatic carbocycles. The normalized spacial score (nSPS) is 37.4. The molecule has 6 heteroatoms. The maximum absolute atomic E-state index is 11.9. The van der Waals surface area contributed by atoms with Crippen LogP contribution < -0.4 is 0 Å². The molecule has 0 aromatic rings. The molecule has 1 aliphatic heterocycles. The lowest BCUT2D eigenvalue weighted by atomic mass is 9.86. The average molecular weight is 289 g/mol. The number of carbonyl (C=O) groups is 1. The van der Waals surface area contributed by atoms with E-state index in [0.29, 0.717) is 19.4 Å². The summed E-state index contributed by atoms with van der Waals surface area (Å²) in [6, 6.07) is -0.128. The summed E-state index contributed by atoms with van der Waals surface area (Å²) in [6.45, 7) is 2.44. The van der Waals surface area contributed by atoms with Gasteiger partial charge < -0.3 is 5.11 Å². The number of carboxylic acid groups (broad SMARTS) is 1. The van der Waals surface area contributed by atoms with E-state index in [9.17, 15) is 18.3 Å². The molecule has 0 aromatic heterocycles. The van der Waals surface area contributed by atoms with E-state index in [1.165, 1.54) is 6.26 Å². The third kappa shape index (κ3) is 2.65. The van der Waals surface area contributed by atoms with Crippen LogP contribution in [0.3, 0.4) is 0 Å². The van der Waals surface area contributed by atoms with Gasteiger partial charge in [0.05, 0.1) is 5.25 Å². The van der Waals surface area contributed by atoms with Gasteiger partial charge in [0.2, 0.25) is 0 Å². The van der Waals surface area contributed by atoms with Crippen LogP contribution in [-0.2, 0) is 14.6 Å². The lowest BCUT2D eigenvalue weighted by Crippen LogP contribution is -2.61. The standard InChI is InChI=1S/C13H23NO4S/c1-13(12(15)16)8-3-4-9-14(13)10-6-5-7-11(10)19(2,17)18/h10-11H,3-9H2,1-2H3,(H,15,16). The average Bonchev–Trinajstić information content (AvgIpc) is 2.77. The van der Waals surface area contributed by atoms with Crippen LogP contribution in [-0.4, -0.2) is 54.0 Å². The molecule has 19 heavy (non-hydrogen) atoms. The minimum Gasteiger partial charge on any atom is -0.480 e. The van der Waals surface area contributed by atoms with Crippen LogP contribution in [0.5, 0.6) is 0 Å². The van der Waals surface area contributed by atoms with Gasteiger partial charge in [0.25, 0.3) is 0 Å². The molecule has 2 rings (SSSR count). The molecule has 1 saturated heterocycles. The van der Waals surface area contributed by atoms with Gasteiger partial charge >= 0.3 is 5.97 Å². The van der Waals surface area contributed by atoms with Crippen LogP contribution in [0.15, 0.2) is 0 Å². The summed E-state index contributed by atoms with van der Waals surface area (Å²) in [5.41, 5.74) is -0.907. The molecule has 1 heterocycles. The van der Waals surface area contributed by atoms with Gasteiger partial charge in [0.1, 0.15) is 5.54 Å². The Morgan fingerprint density at radius 1 is 1.26 bits per heavy atom. The van der Waals surface area contributed by atoms with Crippen molar-refractivity contribution in [3.8, 4) is 0 Å². The van der Waals surface area contributed by atoms with Crippen molar-refractivity contribution in [2.75, 3.05) is 12.8 Å². The molecule has 110 valence electrons. The molecule has 5 nitrogen and oxygen atoms in total. The molecule has 3 unspecified atom stereocenters. The Morgan fingerprint density at radius 2 is 1.95 bits per heavy atom. The van der Waals surface area contributed by atoms with Gasteiger partial charge in [-0.25, -0.2) is 8.42 Å². The van der Waals surface area contributed by atoms with Crippen LogP contribution in [0.2, 0.25) is 0 Å². The van der Waals surface area contributed by atoms with Gasteiger partial charge in [0, 0.05) is 12.3 Å². The first-order chi connectivity index (χ1) is 8.77. The summed E-state index contributed by atoms with van der Waals surface area (Å²) < 4.78 is 23.8. The minimum atomic E-state index is -3.11. The first kappa shape index (κ1) is 14.8. The van der Waals surface area contributed by atoms with Crippen molar-refractivity contribution >= 4 is 15.8 Å². The molecule has 2 fully saturated rings. The highest BCUT2D eigenvalue weighted by atomic mass is 32.2. The number of aliphatic carboxylic acids is 1. The topological polar surface area (TPSA) is 74.7 Å². The summed E-state index contributed by atoms with van der Waals surface area (Å²) in [5, 5.41) is 9.13. The number of nitrogens with zero attached hydrogens (tertiary/aromatic N) is 1. The van der Waals surface area contributed by atoms with Crippen LogP contribution in [0.1, 0.15) is 45.4 Å². The highest BCUT2D eigenvalue weighted by molar-refractivity contribution is 7.91. The fourth-order valence-corrected chi connectivity index (χ4v) is 5.11. The molecule has 0 bridgehead atoms. The lowest BCUT2D eigenvalue weighted by Gasteiger charge is -2.46. The second-order valence-corrected chi connectivity index (χ2v) is 8.36. The maximum Gasteiger partial charge on any atom is 0.323 e. The second-order valence-electron chi connectivity index (χ2n) is 6.10. The quantitative estimate of drug-likeness (QED) is 0.847. The van der Waals surface area contributed by atoms with Crippen molar-refractivity contribution in [3.05, 3.63) is 0 Å². The first-order valence-electron chi connectivity index (χ1n) is 6.96. The lowest BCUT2D eigenvalue weighted by molar-refractivity contribution is -0.155. The number of sulfone groups is 1. The van der Waals surface area contributed by atoms with Gasteiger partial charge in [-0.3, -0.25) is 9.69 Å². The Bertz CT molecular complexity index is 461. The van der Waals surface area contributed by atoms with Crippen LogP contribution in [0.25, 0.3) is 0 Å². The van der Waals surface area contributed by atoms with Crippen LogP contribution in [0, 0.1) is 0 Å². The van der Waals surface area contributed by atoms with E-state index in [0.717, 1.165) is 25.7 Å². The van der Waals surface area contributed by atoms with E-state index in [2.05, 4.69) is 0 Å².